The summed E-state index contributed by atoms with van der Waals surface area (Å²) in [5.41, 5.74) is 7.49. The van der Waals surface area contributed by atoms with Crippen molar-refractivity contribution in [3.05, 3.63) is 24.3 Å². The summed E-state index contributed by atoms with van der Waals surface area (Å²) in [6.07, 6.45) is 3.03. The largest absolute Gasteiger partial charge is 0.369 e. The van der Waals surface area contributed by atoms with Gasteiger partial charge in [-0.25, -0.2) is 9.55 Å². The minimum atomic E-state index is -0.445. The Hall–Kier alpha value is -1.92. The number of hydrogen-bond donors (Lipinski definition) is 1. The minimum Gasteiger partial charge on any atom is -0.369 e. The van der Waals surface area contributed by atoms with Crippen molar-refractivity contribution < 1.29 is 14.3 Å². The van der Waals surface area contributed by atoms with Gasteiger partial charge in [-0.1, -0.05) is 12.1 Å². The van der Waals surface area contributed by atoms with E-state index in [1.54, 1.807) is 4.57 Å². The van der Waals surface area contributed by atoms with E-state index in [9.17, 15) is 4.79 Å². The number of anilines is 1. The summed E-state index contributed by atoms with van der Waals surface area (Å²) in [6.45, 7) is 1.30. The first-order valence-electron chi connectivity index (χ1n) is 7.74. The molecule has 2 N–H and O–H groups in total. The monoisotopic (exact) mass is 301 g/mol. The number of ether oxygens (including phenoxy) is 2. The van der Waals surface area contributed by atoms with Crippen LogP contribution < -0.4 is 5.73 Å². The maximum atomic E-state index is 12.9. The Morgan fingerprint density at radius 3 is 2.64 bits per heavy atom. The van der Waals surface area contributed by atoms with Crippen molar-refractivity contribution in [2.45, 2.75) is 31.5 Å². The van der Waals surface area contributed by atoms with E-state index < -0.39 is 5.79 Å². The highest BCUT2D eigenvalue weighted by atomic mass is 16.7. The summed E-state index contributed by atoms with van der Waals surface area (Å²) >= 11 is 0. The number of nitrogens with zero attached hydrogens (tertiary/aromatic N) is 2. The molecule has 1 saturated heterocycles. The van der Waals surface area contributed by atoms with Crippen molar-refractivity contribution in [2.24, 2.45) is 5.92 Å². The van der Waals surface area contributed by atoms with Crippen LogP contribution in [0, 0.1) is 5.92 Å². The number of rotatable bonds is 1. The van der Waals surface area contributed by atoms with E-state index in [0.29, 0.717) is 13.2 Å². The van der Waals surface area contributed by atoms with Gasteiger partial charge in [-0.05, 0) is 25.0 Å². The van der Waals surface area contributed by atoms with Gasteiger partial charge in [0.2, 0.25) is 11.9 Å². The number of carbonyl (C=O) groups excluding carboxylic acids is 1. The molecule has 6 nitrogen and oxygen atoms in total. The molecule has 116 valence electrons. The molecule has 1 aliphatic heterocycles. The van der Waals surface area contributed by atoms with Crippen LogP contribution in [-0.2, 0) is 9.47 Å². The summed E-state index contributed by atoms with van der Waals surface area (Å²) in [6, 6.07) is 7.53. The summed E-state index contributed by atoms with van der Waals surface area (Å²) in [5, 5.41) is 0. The van der Waals surface area contributed by atoms with Crippen molar-refractivity contribution in [3.63, 3.8) is 0 Å². The Labute approximate surface area is 128 Å². The third kappa shape index (κ3) is 2.10. The number of para-hydroxylation sites is 2. The zero-order valence-corrected chi connectivity index (χ0v) is 12.3. The van der Waals surface area contributed by atoms with E-state index in [1.165, 1.54) is 0 Å². The number of fused-ring (bicyclic) bond motifs is 1. The summed E-state index contributed by atoms with van der Waals surface area (Å²) in [5.74, 6) is -0.212. The van der Waals surface area contributed by atoms with Gasteiger partial charge in [0.25, 0.3) is 0 Å². The highest BCUT2D eigenvalue weighted by molar-refractivity contribution is 5.94. The molecule has 0 unspecified atom stereocenters. The smallest absolute Gasteiger partial charge is 0.237 e. The number of aromatic nitrogens is 2. The quantitative estimate of drug-likeness (QED) is 0.873. The van der Waals surface area contributed by atoms with Crippen LogP contribution in [0.5, 0.6) is 0 Å². The van der Waals surface area contributed by atoms with Crippen molar-refractivity contribution in [2.75, 3.05) is 18.9 Å². The van der Waals surface area contributed by atoms with Crippen molar-refractivity contribution >= 4 is 22.9 Å². The first-order chi connectivity index (χ1) is 10.7. The zero-order chi connectivity index (χ0) is 15.2. The third-order valence-electron chi connectivity index (χ3n) is 4.72. The molecule has 2 heterocycles. The Morgan fingerprint density at radius 2 is 1.91 bits per heavy atom. The van der Waals surface area contributed by atoms with Gasteiger partial charge in [0.1, 0.15) is 0 Å². The number of carbonyl (C=O) groups is 1. The second-order valence-corrected chi connectivity index (χ2v) is 6.01. The van der Waals surface area contributed by atoms with Gasteiger partial charge in [0.15, 0.2) is 5.79 Å². The highest BCUT2D eigenvalue weighted by Crippen LogP contribution is 2.39. The molecule has 2 fully saturated rings. The summed E-state index contributed by atoms with van der Waals surface area (Å²) < 4.78 is 13.0. The Balaban J connectivity index is 1.58. The van der Waals surface area contributed by atoms with E-state index in [0.717, 1.165) is 36.7 Å². The zero-order valence-electron chi connectivity index (χ0n) is 12.3. The van der Waals surface area contributed by atoms with Crippen LogP contribution in [0.25, 0.3) is 11.0 Å². The highest BCUT2D eigenvalue weighted by Gasteiger charge is 2.42. The van der Waals surface area contributed by atoms with Crippen LogP contribution in [0.15, 0.2) is 24.3 Å². The molecule has 0 radical (unpaired) electrons. The van der Waals surface area contributed by atoms with E-state index in [-0.39, 0.29) is 17.8 Å². The van der Waals surface area contributed by atoms with Gasteiger partial charge in [-0.3, -0.25) is 4.79 Å². The maximum absolute atomic E-state index is 12.9. The number of benzene rings is 1. The first kappa shape index (κ1) is 13.7. The van der Waals surface area contributed by atoms with Gasteiger partial charge in [0.05, 0.1) is 24.2 Å². The summed E-state index contributed by atoms with van der Waals surface area (Å²) in [4.78, 5) is 17.1. The lowest BCUT2D eigenvalue weighted by Gasteiger charge is -2.34. The average molecular weight is 301 g/mol. The second kappa shape index (κ2) is 5.07. The van der Waals surface area contributed by atoms with Crippen molar-refractivity contribution in [1.29, 1.82) is 0 Å². The molecule has 6 heteroatoms. The molecule has 0 bridgehead atoms. The Morgan fingerprint density at radius 1 is 1.23 bits per heavy atom. The molecule has 1 aromatic carbocycles. The Kier molecular flexibility index (Phi) is 3.16. The van der Waals surface area contributed by atoms with E-state index >= 15 is 0 Å². The van der Waals surface area contributed by atoms with Crippen molar-refractivity contribution in [3.8, 4) is 0 Å². The SMILES string of the molecule is Nc1nc2ccccc2n1C(=O)C1CCC2(CC1)OCCO2. The maximum Gasteiger partial charge on any atom is 0.237 e. The molecule has 0 amide bonds. The van der Waals surface area contributed by atoms with Crippen LogP contribution in [0.1, 0.15) is 30.5 Å². The molecule has 22 heavy (non-hydrogen) atoms. The van der Waals surface area contributed by atoms with E-state index in [4.69, 9.17) is 15.2 Å². The molecular formula is C16H19N3O3. The second-order valence-electron chi connectivity index (χ2n) is 6.01. The van der Waals surface area contributed by atoms with Crippen molar-refractivity contribution in [1.82, 2.24) is 9.55 Å². The van der Waals surface area contributed by atoms with Crippen LogP contribution in [0.4, 0.5) is 5.95 Å². The molecule has 0 atom stereocenters. The van der Waals surface area contributed by atoms with Gasteiger partial charge in [-0.15, -0.1) is 0 Å². The normalized spacial score (nSPS) is 21.6. The lowest BCUT2D eigenvalue weighted by molar-refractivity contribution is -0.180. The fraction of sp³-hybridized carbons (Fsp3) is 0.500. The molecule has 4 rings (SSSR count). The molecule has 2 aliphatic rings. The van der Waals surface area contributed by atoms with E-state index in [2.05, 4.69) is 4.98 Å². The molecule has 1 aromatic heterocycles. The van der Waals surface area contributed by atoms with Crippen LogP contribution in [-0.4, -0.2) is 34.5 Å². The van der Waals surface area contributed by atoms with Gasteiger partial charge < -0.3 is 15.2 Å². The van der Waals surface area contributed by atoms with Crippen LogP contribution >= 0.6 is 0 Å². The molecule has 2 aromatic rings. The molecular weight excluding hydrogens is 282 g/mol. The fourth-order valence-corrected chi connectivity index (χ4v) is 3.55. The molecule has 1 saturated carbocycles. The predicted octanol–water partition coefficient (Wildman–Crippen LogP) is 2.19. The predicted molar refractivity (Wildman–Crippen MR) is 81.4 cm³/mol. The van der Waals surface area contributed by atoms with Gasteiger partial charge >= 0.3 is 0 Å². The van der Waals surface area contributed by atoms with Crippen LogP contribution in [0.2, 0.25) is 0 Å². The lowest BCUT2D eigenvalue weighted by Crippen LogP contribution is -2.38. The number of imidazole rings is 1. The van der Waals surface area contributed by atoms with E-state index in [1.807, 2.05) is 24.3 Å². The standard InChI is InChI=1S/C16H19N3O3/c17-15-18-12-3-1-2-4-13(12)19(15)14(20)11-5-7-16(8-6-11)21-9-10-22-16/h1-4,11H,5-10H2,(H2,17,18). The number of nitrogens with two attached hydrogens (primary N) is 1. The topological polar surface area (TPSA) is 79.4 Å². The minimum absolute atomic E-state index is 0.0269. The Bertz CT molecular complexity index is 708. The fourth-order valence-electron chi connectivity index (χ4n) is 3.55. The van der Waals surface area contributed by atoms with Crippen LogP contribution in [0.3, 0.4) is 0 Å². The van der Waals surface area contributed by atoms with Gasteiger partial charge in [-0.2, -0.15) is 0 Å². The van der Waals surface area contributed by atoms with Gasteiger partial charge in [0, 0.05) is 18.8 Å². The first-order valence-corrected chi connectivity index (χ1v) is 7.74. The molecule has 1 aliphatic carbocycles. The summed E-state index contributed by atoms with van der Waals surface area (Å²) in [7, 11) is 0. The number of nitrogen functional groups attached to an aromatic ring is 1. The average Bonchev–Trinajstić information content (AvgIpc) is 3.11. The number of hydrogen-bond acceptors (Lipinski definition) is 5. The molecule has 1 spiro atoms. The third-order valence-corrected chi connectivity index (χ3v) is 4.72. The lowest BCUT2D eigenvalue weighted by atomic mass is 9.84.